The van der Waals surface area contributed by atoms with E-state index in [1.54, 1.807) is 29.9 Å². The number of amides is 1. The van der Waals surface area contributed by atoms with Crippen molar-refractivity contribution >= 4 is 23.2 Å². The maximum absolute atomic E-state index is 13.0. The van der Waals surface area contributed by atoms with Gasteiger partial charge in [0.25, 0.3) is 5.91 Å². The van der Waals surface area contributed by atoms with Crippen LogP contribution in [-0.4, -0.2) is 71.7 Å². The Balaban J connectivity index is 1.70. The summed E-state index contributed by atoms with van der Waals surface area (Å²) in [5.74, 6) is 0.417. The van der Waals surface area contributed by atoms with Gasteiger partial charge in [-0.3, -0.25) is 19.2 Å². The van der Waals surface area contributed by atoms with Crippen LogP contribution in [0.15, 0.2) is 23.2 Å². The second kappa shape index (κ2) is 10.3. The predicted molar refractivity (Wildman–Crippen MR) is 124 cm³/mol. The molecular formula is C24H30N5O4. The minimum atomic E-state index is -0.390. The van der Waals surface area contributed by atoms with Crippen molar-refractivity contribution < 1.29 is 19.1 Å². The number of rotatable bonds is 9. The van der Waals surface area contributed by atoms with Crippen molar-refractivity contribution in [2.75, 3.05) is 39.5 Å². The van der Waals surface area contributed by atoms with E-state index in [0.717, 1.165) is 31.6 Å². The van der Waals surface area contributed by atoms with Gasteiger partial charge in [0, 0.05) is 25.7 Å². The van der Waals surface area contributed by atoms with Crippen molar-refractivity contribution in [1.29, 1.82) is 0 Å². The van der Waals surface area contributed by atoms with E-state index in [4.69, 9.17) is 14.5 Å². The number of aryl methyl sites for hydroxylation is 2. The highest BCUT2D eigenvalue weighted by Crippen LogP contribution is 2.31. The summed E-state index contributed by atoms with van der Waals surface area (Å²) >= 11 is 0. The maximum atomic E-state index is 13.0. The van der Waals surface area contributed by atoms with Gasteiger partial charge in [-0.2, -0.15) is 10.4 Å². The number of nitrogens with zero attached hydrogens (tertiary/aromatic N) is 5. The van der Waals surface area contributed by atoms with Crippen LogP contribution in [0, 0.1) is 0 Å². The Morgan fingerprint density at radius 3 is 2.70 bits per heavy atom. The van der Waals surface area contributed by atoms with E-state index in [-0.39, 0.29) is 17.5 Å². The molecule has 1 aromatic heterocycles. The van der Waals surface area contributed by atoms with Crippen molar-refractivity contribution in [3.63, 3.8) is 0 Å². The number of Topliss-reactive ketones (excluding diaryl/α,β-unsaturated/α-hetero) is 1. The number of ketones is 1. The van der Waals surface area contributed by atoms with Gasteiger partial charge >= 0.3 is 0 Å². The van der Waals surface area contributed by atoms with Crippen molar-refractivity contribution in [2.45, 2.75) is 33.1 Å². The lowest BCUT2D eigenvalue weighted by atomic mass is 10.0. The third-order valence-electron chi connectivity index (χ3n) is 5.68. The van der Waals surface area contributed by atoms with Gasteiger partial charge in [-0.05, 0) is 31.0 Å². The quantitative estimate of drug-likeness (QED) is 0.542. The van der Waals surface area contributed by atoms with Crippen LogP contribution in [0.5, 0.6) is 5.75 Å². The summed E-state index contributed by atoms with van der Waals surface area (Å²) in [4.78, 5) is 32.7. The van der Waals surface area contributed by atoms with Gasteiger partial charge in [-0.25, -0.2) is 4.99 Å². The summed E-state index contributed by atoms with van der Waals surface area (Å²) in [6.07, 6.45) is 2.42. The minimum Gasteiger partial charge on any atom is -0.493 e. The molecule has 9 heteroatoms. The Morgan fingerprint density at radius 1 is 1.18 bits per heavy atom. The molecule has 2 aliphatic rings. The zero-order valence-corrected chi connectivity index (χ0v) is 19.5. The van der Waals surface area contributed by atoms with Crippen LogP contribution < -0.4 is 10.1 Å². The number of ether oxygens (including phenoxy) is 2. The van der Waals surface area contributed by atoms with Crippen LogP contribution in [0.1, 0.15) is 58.8 Å². The van der Waals surface area contributed by atoms with Gasteiger partial charge < -0.3 is 9.47 Å². The fourth-order valence-electron chi connectivity index (χ4n) is 4.00. The van der Waals surface area contributed by atoms with Gasteiger partial charge in [-0.15, -0.1) is 0 Å². The standard InChI is InChI=1S/C24H30N5O4/c1-4-6-18-21-22(28(3)27-18)24(31)26-23(25-21)17-14-16(7-8-20(17)33-11-5-2)19(30)15-29-9-12-32-13-10-29/h7-8,14H,4-6,9-13,15H2,1-3H3. The smallest absolute Gasteiger partial charge is 0.299 e. The predicted octanol–water partition coefficient (Wildman–Crippen LogP) is 2.51. The molecule has 0 N–H and O–H groups in total. The van der Waals surface area contributed by atoms with E-state index >= 15 is 0 Å². The first-order valence-electron chi connectivity index (χ1n) is 11.5. The Labute approximate surface area is 193 Å². The van der Waals surface area contributed by atoms with Gasteiger partial charge in [0.15, 0.2) is 17.3 Å². The third kappa shape index (κ3) is 4.99. The molecule has 9 nitrogen and oxygen atoms in total. The number of aliphatic imine (C=N–C) groups is 1. The fourth-order valence-corrected chi connectivity index (χ4v) is 4.00. The second-order valence-electron chi connectivity index (χ2n) is 8.24. The number of aromatic nitrogens is 2. The summed E-state index contributed by atoms with van der Waals surface area (Å²) in [6.45, 7) is 7.63. The molecule has 3 heterocycles. The van der Waals surface area contributed by atoms with Crippen molar-refractivity contribution in [3.8, 4) is 5.75 Å². The highest BCUT2D eigenvalue weighted by molar-refractivity contribution is 6.18. The molecule has 175 valence electrons. The summed E-state index contributed by atoms with van der Waals surface area (Å²) in [7, 11) is 1.73. The maximum Gasteiger partial charge on any atom is 0.299 e. The van der Waals surface area contributed by atoms with E-state index in [1.807, 2.05) is 6.92 Å². The Morgan fingerprint density at radius 2 is 1.97 bits per heavy atom. The first-order chi connectivity index (χ1) is 16.0. The van der Waals surface area contributed by atoms with E-state index in [1.165, 1.54) is 0 Å². The number of morpholine rings is 1. The van der Waals surface area contributed by atoms with Crippen LogP contribution in [0.3, 0.4) is 0 Å². The lowest BCUT2D eigenvalue weighted by Gasteiger charge is -2.25. The first kappa shape index (κ1) is 23.1. The molecule has 0 unspecified atom stereocenters. The van der Waals surface area contributed by atoms with Crippen LogP contribution in [0.4, 0.5) is 5.69 Å². The molecule has 1 amide bonds. The molecule has 2 aromatic rings. The molecule has 0 bridgehead atoms. The molecule has 0 atom stereocenters. The first-order valence-corrected chi connectivity index (χ1v) is 11.5. The zero-order valence-electron chi connectivity index (χ0n) is 19.5. The normalized spacial score (nSPS) is 16.2. The van der Waals surface area contributed by atoms with Crippen LogP contribution >= 0.6 is 0 Å². The number of amidine groups is 1. The molecule has 1 aromatic carbocycles. The number of hydrogen-bond donors (Lipinski definition) is 0. The van der Waals surface area contributed by atoms with E-state index < -0.39 is 0 Å². The van der Waals surface area contributed by atoms with Crippen molar-refractivity contribution in [2.24, 2.45) is 12.0 Å². The summed E-state index contributed by atoms with van der Waals surface area (Å²) in [5.41, 5.74) is 2.79. The highest BCUT2D eigenvalue weighted by Gasteiger charge is 2.31. The van der Waals surface area contributed by atoms with Gasteiger partial charge in [-0.1, -0.05) is 20.3 Å². The second-order valence-corrected chi connectivity index (χ2v) is 8.24. The number of carbonyl (C=O) groups excluding carboxylic acids is 2. The Bertz CT molecular complexity index is 1070. The summed E-state index contributed by atoms with van der Waals surface area (Å²) in [6, 6.07) is 5.27. The van der Waals surface area contributed by atoms with Crippen LogP contribution in [0.2, 0.25) is 0 Å². The third-order valence-corrected chi connectivity index (χ3v) is 5.68. The van der Waals surface area contributed by atoms with Crippen LogP contribution in [0.25, 0.3) is 0 Å². The lowest BCUT2D eigenvalue weighted by molar-refractivity contribution is 0.0371. The van der Waals surface area contributed by atoms with Gasteiger partial charge in [0.05, 0.1) is 37.6 Å². The average molecular weight is 453 g/mol. The number of benzene rings is 1. The molecule has 4 rings (SSSR count). The molecule has 0 spiro atoms. The molecule has 0 saturated carbocycles. The van der Waals surface area contributed by atoms with E-state index in [0.29, 0.717) is 61.0 Å². The lowest BCUT2D eigenvalue weighted by Crippen LogP contribution is -2.39. The SMILES string of the molecule is CCCOc1ccc(C(=O)CN2CCOCC2)cc1C1=Nc2c(CCC)nn(C)c2C(=O)[N]1. The molecule has 1 saturated heterocycles. The molecule has 33 heavy (non-hydrogen) atoms. The topological polar surface area (TPSA) is 100 Å². The van der Waals surface area contributed by atoms with Crippen molar-refractivity contribution in [1.82, 2.24) is 20.0 Å². The molecule has 1 radical (unpaired) electrons. The summed E-state index contributed by atoms with van der Waals surface area (Å²) in [5, 5.41) is 8.72. The van der Waals surface area contributed by atoms with Gasteiger partial charge in [0.1, 0.15) is 11.4 Å². The number of fused-ring (bicyclic) bond motifs is 1. The Hall–Kier alpha value is -3.04. The zero-order chi connectivity index (χ0) is 23.4. The van der Waals surface area contributed by atoms with Gasteiger partial charge in [0.2, 0.25) is 0 Å². The highest BCUT2D eigenvalue weighted by atomic mass is 16.5. The fraction of sp³-hybridized carbons (Fsp3) is 0.500. The Kier molecular flexibility index (Phi) is 7.20. The average Bonchev–Trinajstić information content (AvgIpc) is 3.14. The largest absolute Gasteiger partial charge is 0.493 e. The summed E-state index contributed by atoms with van der Waals surface area (Å²) < 4.78 is 12.8. The van der Waals surface area contributed by atoms with E-state index in [9.17, 15) is 9.59 Å². The molecule has 1 fully saturated rings. The number of carbonyl (C=O) groups is 2. The van der Waals surface area contributed by atoms with E-state index in [2.05, 4.69) is 22.2 Å². The van der Waals surface area contributed by atoms with Crippen molar-refractivity contribution in [3.05, 3.63) is 40.7 Å². The number of hydrogen-bond acceptors (Lipinski definition) is 7. The molecular weight excluding hydrogens is 422 g/mol. The molecule has 2 aliphatic heterocycles. The minimum absolute atomic E-state index is 0.00309. The monoisotopic (exact) mass is 452 g/mol. The molecule has 0 aliphatic carbocycles. The van der Waals surface area contributed by atoms with Crippen LogP contribution in [-0.2, 0) is 18.2 Å².